The molecule has 18 atom stereocenters. The summed E-state index contributed by atoms with van der Waals surface area (Å²) in [6, 6.07) is -11.8. The van der Waals surface area contributed by atoms with Gasteiger partial charge < -0.3 is 150 Å². The van der Waals surface area contributed by atoms with Crippen molar-refractivity contribution in [1.29, 1.82) is 21.6 Å². The van der Waals surface area contributed by atoms with E-state index in [0.717, 1.165) is 71.7 Å². The van der Waals surface area contributed by atoms with Crippen molar-refractivity contribution < 1.29 is 91.4 Å². The molecule has 5 heterocycles. The maximum absolute atomic E-state index is 16.0. The number of rotatable bonds is 26. The molecule has 4 fully saturated rings. The third-order valence-corrected chi connectivity index (χ3v) is 30.2. The van der Waals surface area contributed by atoms with Crippen LogP contribution < -0.4 is 140 Å². The van der Waals surface area contributed by atoms with Crippen LogP contribution in [0, 0.1) is 39.4 Å². The first kappa shape index (κ1) is 118. The third-order valence-electron chi connectivity index (χ3n) is 22.9. The van der Waals surface area contributed by atoms with Gasteiger partial charge in [0.2, 0.25) is 106 Å². The van der Waals surface area contributed by atoms with E-state index in [2.05, 4.69) is 122 Å². The molecule has 0 spiro atoms. The Morgan fingerprint density at radius 2 is 0.671 bits per heavy atom. The minimum Gasteiger partial charge on any atom is -0.391 e. The Balaban J connectivity index is 1.47. The van der Waals surface area contributed by atoms with Gasteiger partial charge in [-0.3, -0.25) is 108 Å². The average molecular weight is 2110 g/mol. The van der Waals surface area contributed by atoms with E-state index in [1.54, 1.807) is 102 Å². The number of guanidine groups is 4. The zero-order chi connectivity index (χ0) is 105. The van der Waals surface area contributed by atoms with E-state index >= 15 is 52.7 Å². The number of nitrogens with one attached hydrogen (secondary N) is 27. The summed E-state index contributed by atoms with van der Waals surface area (Å²) in [5, 5.41) is 101. The summed E-state index contributed by atoms with van der Waals surface area (Å²) in [5.74, 6) is -25.6. The summed E-state index contributed by atoms with van der Waals surface area (Å²) in [7, 11) is 4.95. The molecule has 143 heavy (non-hydrogen) atoms. The number of nitrogens with two attached hydrogens (primary N) is 4. The molecule has 0 unspecified atom stereocenters. The number of H-pyrrole nitrogens is 1. The molecule has 4 aliphatic rings. The number of amides is 18. The van der Waals surface area contributed by atoms with E-state index in [-0.39, 0.29) is 103 Å². The van der Waals surface area contributed by atoms with Crippen molar-refractivity contribution in [2.45, 2.75) is 228 Å². The molecule has 18 amide bonds. The van der Waals surface area contributed by atoms with E-state index in [0.29, 0.717) is 22.0 Å². The number of para-hydroxylation sites is 1. The van der Waals surface area contributed by atoms with Gasteiger partial charge in [0.1, 0.15) is 96.7 Å². The fourth-order valence-electron chi connectivity index (χ4n) is 14.9. The first-order chi connectivity index (χ1) is 68.0. The minimum absolute atomic E-state index is 0.00986. The lowest BCUT2D eigenvalue weighted by Crippen LogP contribution is -2.63. The lowest BCUT2D eigenvalue weighted by atomic mass is 9.97. The quantitative estimate of drug-likeness (QED) is 0.0154. The van der Waals surface area contributed by atoms with Crippen LogP contribution in [0.4, 0.5) is 0 Å². The predicted octanol–water partition coefficient (Wildman–Crippen LogP) is -6.68. The van der Waals surface area contributed by atoms with Crippen LogP contribution in [0.15, 0.2) is 60.8 Å². The van der Waals surface area contributed by atoms with Gasteiger partial charge in [-0.1, -0.05) is 161 Å². The molecule has 788 valence electrons. The largest absolute Gasteiger partial charge is 0.391 e. The van der Waals surface area contributed by atoms with Crippen molar-refractivity contribution in [1.82, 2.24) is 122 Å². The number of fused-ring (bicyclic) bond motifs is 16. The van der Waals surface area contributed by atoms with Crippen LogP contribution in [0.1, 0.15) is 124 Å². The molecule has 4 saturated heterocycles. The first-order valence-corrected chi connectivity index (χ1v) is 54.2. The molecule has 2 aromatic carbocycles. The van der Waals surface area contributed by atoms with Crippen molar-refractivity contribution in [3.8, 4) is 0 Å². The standard InChI is InChI=1S/C87H135N31O19S6/c1-8-44(6)66-82(136)115-62-41-143-140-38-59(112-73(127)55(31-46-18-10-9-11-19-46)103-63(120)34-101-69(123)51(23-15-27-97-85(90)91)107-83(137)67(45(7)119)118-80(62)134)78(132)109-56(32-47-33-100-49-21-13-12-20-48(47)49)74(128)113-58-37-139-142-40-61(79(133)117-66)110-71(125)53(25-17-29-99-87(94)95)106-76(130)60-39-141-138-36-57(111-72(126)54(30-42(2)3)108-77(58)131)75(129)105-52(24-16-28-98-86(92)93)70(124)104-50(22-14-26-96-84(88)89)68(122)102-35-64(121)116-65(43(4)5)81(135)114-60/h9-13,18-21,33,42-45,50-62,65-67,100,119H,8,14-17,22-32,34-41H2,1-7H3,(H,101,123)(H,102,122)(H,103,120)(H,104,124)(H,105,129)(H,106,130)(H,107,137)(H,108,131)(H,109,132)(H,110,125)(H,111,126)(H,112,127)(H,113,128)(H,114,135)(H,115,136)(H,116,121)(H,117,133)(H,118,134)(H4,88,89,96)(H4,90,91,97)(H4,92,93,98)(H4,94,95,99)/t44-,45+,50-,51-,52-,53-,54-,55-,56-,57-,58-,59-,60-,61-,62-,65-,66-,67-/m0/s1. The van der Waals surface area contributed by atoms with Crippen molar-refractivity contribution in [2.24, 2.45) is 40.7 Å². The third kappa shape index (κ3) is 40.4. The molecular formula is C87H135N31O19S6. The van der Waals surface area contributed by atoms with E-state index < -0.39 is 298 Å². The van der Waals surface area contributed by atoms with Gasteiger partial charge in [0.25, 0.3) is 0 Å². The van der Waals surface area contributed by atoms with Crippen LogP contribution in [-0.4, -0.2) is 317 Å². The Hall–Kier alpha value is -12.4. The number of hydrogen-bond acceptors (Lipinski definition) is 29. The molecule has 56 heteroatoms. The lowest BCUT2D eigenvalue weighted by molar-refractivity contribution is -0.137. The van der Waals surface area contributed by atoms with Gasteiger partial charge in [-0.05, 0) is 99.7 Å². The van der Waals surface area contributed by atoms with Crippen LogP contribution in [0.3, 0.4) is 0 Å². The van der Waals surface area contributed by atoms with Crippen LogP contribution >= 0.6 is 64.8 Å². The highest BCUT2D eigenvalue weighted by molar-refractivity contribution is 8.77. The first-order valence-electron chi connectivity index (χ1n) is 46.7. The van der Waals surface area contributed by atoms with Crippen molar-refractivity contribution in [3.05, 3.63) is 71.9 Å². The number of benzene rings is 2. The minimum atomic E-state index is -1.93. The van der Waals surface area contributed by atoms with Gasteiger partial charge in [-0.2, -0.15) is 0 Å². The Kier molecular flexibility index (Phi) is 49.5. The molecule has 3 aromatic rings. The highest BCUT2D eigenvalue weighted by Crippen LogP contribution is 2.29. The van der Waals surface area contributed by atoms with Gasteiger partial charge >= 0.3 is 0 Å². The second-order valence-corrected chi connectivity index (χ2v) is 42.9. The predicted molar refractivity (Wildman–Crippen MR) is 546 cm³/mol. The summed E-state index contributed by atoms with van der Waals surface area (Å²) in [4.78, 5) is 276. The maximum Gasteiger partial charge on any atom is 0.245 e. The number of aromatic amines is 1. The normalized spacial score (nSPS) is 25.8. The second kappa shape index (κ2) is 60.2. The average Bonchev–Trinajstić information content (AvgIpc) is 1.69. The van der Waals surface area contributed by atoms with Crippen LogP contribution in [0.25, 0.3) is 10.9 Å². The molecule has 6 bridgehead atoms. The topological polar surface area (TPSA) is 807 Å². The molecule has 50 nitrogen and oxygen atoms in total. The summed E-state index contributed by atoms with van der Waals surface area (Å²) >= 11 is 0. The smallest absolute Gasteiger partial charge is 0.245 e. The second-order valence-electron chi connectivity index (χ2n) is 35.2. The number of carbonyl (C=O) groups excluding carboxylic acids is 18. The number of aromatic nitrogens is 1. The van der Waals surface area contributed by atoms with Gasteiger partial charge in [-0.25, -0.2) is 0 Å². The number of carbonyl (C=O) groups is 18. The van der Waals surface area contributed by atoms with E-state index in [9.17, 15) is 38.7 Å². The highest BCUT2D eigenvalue weighted by atomic mass is 33.1. The Labute approximate surface area is 850 Å². The molecule has 4 aliphatic heterocycles. The van der Waals surface area contributed by atoms with E-state index in [1.165, 1.54) is 0 Å². The molecule has 7 rings (SSSR count). The lowest BCUT2D eigenvalue weighted by Gasteiger charge is -2.30. The van der Waals surface area contributed by atoms with Crippen molar-refractivity contribution in [3.63, 3.8) is 0 Å². The molecular weight excluding hydrogens is 1980 g/mol. The fraction of sp³-hybridized carbons (Fsp3) is 0.586. The van der Waals surface area contributed by atoms with Crippen LogP contribution in [0.2, 0.25) is 0 Å². The number of aliphatic hydroxyl groups is 1. The molecule has 0 aliphatic carbocycles. The Morgan fingerprint density at radius 1 is 0.357 bits per heavy atom. The van der Waals surface area contributed by atoms with Crippen molar-refractivity contribution >= 4 is 206 Å². The Bertz CT molecular complexity index is 4970. The summed E-state index contributed by atoms with van der Waals surface area (Å²) < 4.78 is 0. The molecule has 1 aromatic heterocycles. The zero-order valence-corrected chi connectivity index (χ0v) is 85.2. The van der Waals surface area contributed by atoms with E-state index in [4.69, 9.17) is 44.6 Å². The molecule has 0 saturated carbocycles. The summed E-state index contributed by atoms with van der Waals surface area (Å²) in [5.41, 5.74) is 23.9. The SMILES string of the molecule is CC[C@H](C)[C@@H]1NC(=O)[C@@H]2CSSC[C@H](NC(=O)[C@H](Cc3c[nH]c4ccccc34)NC(=O)[C@@H]3CSSC[C@H](NC1=O)C(=O)N[C@@H]([C@@H](C)O)C(=O)N[C@@H](CCCNC(=N)N)C(=O)NCC(=O)N[C@@H](Cc1ccccc1)C(=O)N3)C(=O)N[C@@H](CC(C)C)C(=O)N[C@H]1CSSC[C@H](NC(=O)[C@H](C(C)C)NC(=O)CNC(=O)[C@H](CCCNC(=N)N)NC(=O)[C@H](CCCNC(=N)N)NC1=O)C(=O)N[C@@H](CCCNC(=N)N)C(=O)N2. The summed E-state index contributed by atoms with van der Waals surface area (Å²) in [6.07, 6.45) is -1.87. The van der Waals surface area contributed by atoms with E-state index in [1.807, 2.05) is 0 Å². The Morgan fingerprint density at radius 3 is 1.07 bits per heavy atom. The monoisotopic (exact) mass is 2110 g/mol. The van der Waals surface area contributed by atoms with Crippen molar-refractivity contribution in [2.75, 3.05) is 73.8 Å². The highest BCUT2D eigenvalue weighted by Gasteiger charge is 2.42. The van der Waals surface area contributed by atoms with Gasteiger partial charge in [0.15, 0.2) is 23.8 Å². The number of hydrogen-bond donors (Lipinski definition) is 32. The van der Waals surface area contributed by atoms with Crippen LogP contribution in [0.5, 0.6) is 0 Å². The zero-order valence-electron chi connectivity index (χ0n) is 80.3. The van der Waals surface area contributed by atoms with Crippen LogP contribution in [-0.2, 0) is 99.1 Å². The van der Waals surface area contributed by atoms with Gasteiger partial charge in [0, 0.05) is 90.6 Å². The van der Waals surface area contributed by atoms with Gasteiger partial charge in [-0.15, -0.1) is 0 Å². The molecule has 36 N–H and O–H groups in total. The fourth-order valence-corrected chi connectivity index (χ4v) is 21.9. The summed E-state index contributed by atoms with van der Waals surface area (Å²) in [6.45, 7) is 9.09. The molecule has 0 radical (unpaired) electrons. The number of aliphatic hydroxyl groups excluding tert-OH is 1. The van der Waals surface area contributed by atoms with Gasteiger partial charge in [0.05, 0.1) is 19.2 Å². The maximum atomic E-state index is 16.0.